The molecule has 0 aliphatic heterocycles. The van der Waals surface area contributed by atoms with Crippen molar-refractivity contribution in [3.63, 3.8) is 0 Å². The molecule has 0 radical (unpaired) electrons. The Kier molecular flexibility index (Phi) is 4.42. The number of nitrogens with two attached hydrogens (primary N) is 1. The second-order valence-corrected chi connectivity index (χ2v) is 4.55. The second-order valence-electron chi connectivity index (χ2n) is 4.55. The van der Waals surface area contributed by atoms with Crippen LogP contribution in [0.15, 0.2) is 48.5 Å². The molecule has 2 aromatic rings. The van der Waals surface area contributed by atoms with Gasteiger partial charge in [-0.3, -0.25) is 0 Å². The fourth-order valence-corrected chi connectivity index (χ4v) is 1.61. The summed E-state index contributed by atoms with van der Waals surface area (Å²) in [6.07, 6.45) is 0.0175. The molecule has 19 heavy (non-hydrogen) atoms. The zero-order valence-electron chi connectivity index (χ0n) is 11.3. The summed E-state index contributed by atoms with van der Waals surface area (Å²) in [5, 5.41) is 0. The van der Waals surface area contributed by atoms with Crippen LogP contribution in [0.3, 0.4) is 0 Å². The topological polar surface area (TPSA) is 44.5 Å². The highest BCUT2D eigenvalue weighted by molar-refractivity contribution is 5.36. The highest BCUT2D eigenvalue weighted by Crippen LogP contribution is 2.24. The normalized spacial score (nSPS) is 11.9. The third-order valence-electron chi connectivity index (χ3n) is 2.75. The van der Waals surface area contributed by atoms with Crippen LogP contribution in [0, 0.1) is 6.92 Å². The molecule has 3 heteroatoms. The van der Waals surface area contributed by atoms with E-state index >= 15 is 0 Å². The van der Waals surface area contributed by atoms with Crippen molar-refractivity contribution < 1.29 is 9.47 Å². The van der Waals surface area contributed by atoms with Gasteiger partial charge in [-0.05, 0) is 50.2 Å². The predicted octanol–water partition coefficient (Wildman–Crippen LogP) is 3.51. The number of aryl methyl sites for hydroxylation is 1. The summed E-state index contributed by atoms with van der Waals surface area (Å²) < 4.78 is 11.3. The highest BCUT2D eigenvalue weighted by atomic mass is 16.5. The summed E-state index contributed by atoms with van der Waals surface area (Å²) in [6, 6.07) is 15.5. The van der Waals surface area contributed by atoms with E-state index in [2.05, 4.69) is 6.92 Å². The van der Waals surface area contributed by atoms with E-state index in [4.69, 9.17) is 15.2 Å². The van der Waals surface area contributed by atoms with E-state index in [1.807, 2.05) is 55.5 Å². The van der Waals surface area contributed by atoms with Crippen LogP contribution < -0.4 is 15.2 Å². The molecule has 2 aromatic carbocycles. The molecule has 1 atom stereocenters. The lowest BCUT2D eigenvalue weighted by molar-refractivity contribution is 0.229. The Bertz CT molecular complexity index is 505. The minimum absolute atomic E-state index is 0.0175. The molecule has 0 bridgehead atoms. The second kappa shape index (κ2) is 6.25. The first-order valence-corrected chi connectivity index (χ1v) is 6.38. The van der Waals surface area contributed by atoms with E-state index in [0.29, 0.717) is 6.54 Å². The fourth-order valence-electron chi connectivity index (χ4n) is 1.61. The van der Waals surface area contributed by atoms with Gasteiger partial charge in [0.25, 0.3) is 0 Å². The van der Waals surface area contributed by atoms with E-state index in [1.54, 1.807) is 0 Å². The average Bonchev–Trinajstić information content (AvgIpc) is 2.43. The lowest BCUT2D eigenvalue weighted by atomic mass is 10.2. The highest BCUT2D eigenvalue weighted by Gasteiger charge is 2.02. The van der Waals surface area contributed by atoms with Crippen molar-refractivity contribution in [2.45, 2.75) is 20.0 Å². The van der Waals surface area contributed by atoms with Gasteiger partial charge in [-0.15, -0.1) is 0 Å². The molecule has 0 aliphatic carbocycles. The Hall–Kier alpha value is -2.00. The van der Waals surface area contributed by atoms with Crippen LogP contribution in [0.2, 0.25) is 0 Å². The number of benzene rings is 2. The van der Waals surface area contributed by atoms with Gasteiger partial charge in [0.2, 0.25) is 0 Å². The molecular formula is C16H19NO2. The molecule has 2 rings (SSSR count). The summed E-state index contributed by atoms with van der Waals surface area (Å²) >= 11 is 0. The minimum Gasteiger partial charge on any atom is -0.489 e. The summed E-state index contributed by atoms with van der Waals surface area (Å²) in [6.45, 7) is 4.49. The Morgan fingerprint density at radius 1 is 0.895 bits per heavy atom. The maximum atomic E-state index is 5.74. The SMILES string of the molecule is Cc1ccc(Oc2ccc(OC(C)CN)cc2)cc1. The molecule has 1 unspecified atom stereocenters. The number of ether oxygens (including phenoxy) is 2. The molecule has 0 aromatic heterocycles. The van der Waals surface area contributed by atoms with Crippen molar-refractivity contribution in [3.05, 3.63) is 54.1 Å². The van der Waals surface area contributed by atoms with Crippen LogP contribution in [0.5, 0.6) is 17.2 Å². The maximum absolute atomic E-state index is 5.74. The molecule has 0 saturated carbocycles. The van der Waals surface area contributed by atoms with Crippen molar-refractivity contribution in [1.82, 2.24) is 0 Å². The van der Waals surface area contributed by atoms with Gasteiger partial charge < -0.3 is 15.2 Å². The van der Waals surface area contributed by atoms with Gasteiger partial charge in [0, 0.05) is 6.54 Å². The zero-order chi connectivity index (χ0) is 13.7. The van der Waals surface area contributed by atoms with Crippen molar-refractivity contribution in [2.75, 3.05) is 6.54 Å². The fraction of sp³-hybridized carbons (Fsp3) is 0.250. The Morgan fingerprint density at radius 3 is 1.89 bits per heavy atom. The molecule has 0 saturated heterocycles. The molecule has 2 N–H and O–H groups in total. The minimum atomic E-state index is 0.0175. The first kappa shape index (κ1) is 13.4. The van der Waals surface area contributed by atoms with Crippen molar-refractivity contribution in [1.29, 1.82) is 0 Å². The van der Waals surface area contributed by atoms with Crippen molar-refractivity contribution in [2.24, 2.45) is 5.73 Å². The quantitative estimate of drug-likeness (QED) is 0.891. The number of hydrogen-bond acceptors (Lipinski definition) is 3. The van der Waals surface area contributed by atoms with Crippen LogP contribution in [0.4, 0.5) is 0 Å². The third kappa shape index (κ3) is 4.00. The van der Waals surface area contributed by atoms with Gasteiger partial charge in [0.1, 0.15) is 23.4 Å². The summed E-state index contributed by atoms with van der Waals surface area (Å²) in [5.74, 6) is 2.42. The molecular weight excluding hydrogens is 238 g/mol. The third-order valence-corrected chi connectivity index (χ3v) is 2.75. The first-order valence-electron chi connectivity index (χ1n) is 6.38. The van der Waals surface area contributed by atoms with Gasteiger partial charge in [-0.25, -0.2) is 0 Å². The molecule has 0 heterocycles. The van der Waals surface area contributed by atoms with E-state index in [0.717, 1.165) is 17.2 Å². The number of rotatable bonds is 5. The average molecular weight is 257 g/mol. The molecule has 100 valence electrons. The Labute approximate surface area is 114 Å². The molecule has 0 aliphatic rings. The van der Waals surface area contributed by atoms with E-state index in [1.165, 1.54) is 5.56 Å². The Morgan fingerprint density at radius 2 is 1.37 bits per heavy atom. The summed E-state index contributed by atoms with van der Waals surface area (Å²) in [4.78, 5) is 0. The largest absolute Gasteiger partial charge is 0.489 e. The van der Waals surface area contributed by atoms with Gasteiger partial charge in [-0.2, -0.15) is 0 Å². The van der Waals surface area contributed by atoms with Crippen LogP contribution in [0.25, 0.3) is 0 Å². The van der Waals surface area contributed by atoms with E-state index < -0.39 is 0 Å². The Balaban J connectivity index is 2.00. The lowest BCUT2D eigenvalue weighted by Crippen LogP contribution is -2.22. The van der Waals surface area contributed by atoms with Gasteiger partial charge >= 0.3 is 0 Å². The molecule has 0 amide bonds. The standard InChI is InChI=1S/C16H19NO2/c1-12-3-5-15(6-4-12)19-16-9-7-14(8-10-16)18-13(2)11-17/h3-10,13H,11,17H2,1-2H3. The predicted molar refractivity (Wildman–Crippen MR) is 76.8 cm³/mol. The van der Waals surface area contributed by atoms with Crippen LogP contribution in [-0.4, -0.2) is 12.6 Å². The summed E-state index contributed by atoms with van der Waals surface area (Å²) in [5.41, 5.74) is 6.73. The first-order chi connectivity index (χ1) is 9.17. The monoisotopic (exact) mass is 257 g/mol. The van der Waals surface area contributed by atoms with Gasteiger partial charge in [0.15, 0.2) is 0 Å². The van der Waals surface area contributed by atoms with Crippen LogP contribution in [0.1, 0.15) is 12.5 Å². The number of hydrogen-bond donors (Lipinski definition) is 1. The van der Waals surface area contributed by atoms with Crippen molar-refractivity contribution in [3.8, 4) is 17.2 Å². The zero-order valence-corrected chi connectivity index (χ0v) is 11.3. The van der Waals surface area contributed by atoms with E-state index in [-0.39, 0.29) is 6.10 Å². The van der Waals surface area contributed by atoms with Crippen molar-refractivity contribution >= 4 is 0 Å². The smallest absolute Gasteiger partial charge is 0.127 e. The molecule has 3 nitrogen and oxygen atoms in total. The van der Waals surface area contributed by atoms with Crippen LogP contribution in [-0.2, 0) is 0 Å². The van der Waals surface area contributed by atoms with Gasteiger partial charge in [0.05, 0.1) is 0 Å². The van der Waals surface area contributed by atoms with E-state index in [9.17, 15) is 0 Å². The maximum Gasteiger partial charge on any atom is 0.127 e. The molecule has 0 fully saturated rings. The van der Waals surface area contributed by atoms with Crippen LogP contribution >= 0.6 is 0 Å². The molecule has 0 spiro atoms. The lowest BCUT2D eigenvalue weighted by Gasteiger charge is -2.13. The van der Waals surface area contributed by atoms with Gasteiger partial charge in [-0.1, -0.05) is 17.7 Å². The summed E-state index contributed by atoms with van der Waals surface area (Å²) in [7, 11) is 0.